The van der Waals surface area contributed by atoms with Crippen LogP contribution >= 0.6 is 11.6 Å². The van der Waals surface area contributed by atoms with Gasteiger partial charge in [-0.2, -0.15) is 0 Å². The van der Waals surface area contributed by atoms with Crippen molar-refractivity contribution in [3.8, 4) is 0 Å². The molecule has 7 nitrogen and oxygen atoms in total. The Kier molecular flexibility index (Phi) is 4.80. The number of nitrogens with one attached hydrogen (secondary N) is 1. The first kappa shape index (κ1) is 16.4. The Hall–Kier alpha value is -2.41. The number of benzene rings is 1. The molecule has 8 heteroatoms. The van der Waals surface area contributed by atoms with Crippen molar-refractivity contribution in [2.75, 3.05) is 0 Å². The lowest BCUT2D eigenvalue weighted by Crippen LogP contribution is -2.39. The normalized spacial score (nSPS) is 23.1. The highest BCUT2D eigenvalue weighted by atomic mass is 35.5. The van der Waals surface area contributed by atoms with Gasteiger partial charge in [0.1, 0.15) is 0 Å². The number of rotatable bonds is 5. The second-order valence-corrected chi connectivity index (χ2v) is 6.37. The lowest BCUT2D eigenvalue weighted by atomic mass is 10.1. The maximum absolute atomic E-state index is 12.3. The van der Waals surface area contributed by atoms with Gasteiger partial charge in [0, 0.05) is 11.2 Å². The molecule has 24 heavy (non-hydrogen) atoms. The van der Waals surface area contributed by atoms with Crippen LogP contribution in [0.3, 0.4) is 0 Å². The van der Waals surface area contributed by atoms with Crippen LogP contribution in [0.15, 0.2) is 36.7 Å². The average Bonchev–Trinajstić information content (AvgIpc) is 3.18. The van der Waals surface area contributed by atoms with E-state index in [4.69, 9.17) is 11.6 Å². The number of hydrogen-bond donors (Lipinski definition) is 2. The van der Waals surface area contributed by atoms with E-state index in [0.717, 1.165) is 5.56 Å². The van der Waals surface area contributed by atoms with E-state index in [0.29, 0.717) is 17.9 Å². The van der Waals surface area contributed by atoms with Crippen molar-refractivity contribution in [3.63, 3.8) is 0 Å². The van der Waals surface area contributed by atoms with E-state index >= 15 is 0 Å². The summed E-state index contributed by atoms with van der Waals surface area (Å²) in [7, 11) is 0. The summed E-state index contributed by atoms with van der Waals surface area (Å²) < 4.78 is 1.62. The Morgan fingerprint density at radius 1 is 1.29 bits per heavy atom. The first-order valence-corrected chi connectivity index (χ1v) is 8.03. The third kappa shape index (κ3) is 3.73. The maximum Gasteiger partial charge on any atom is 0.306 e. The van der Waals surface area contributed by atoms with Crippen LogP contribution in [0.1, 0.15) is 24.4 Å². The van der Waals surface area contributed by atoms with Gasteiger partial charge in [0.05, 0.1) is 30.6 Å². The second-order valence-electron chi connectivity index (χ2n) is 5.93. The Balaban J connectivity index is 1.68. The zero-order valence-corrected chi connectivity index (χ0v) is 13.6. The molecule has 1 aromatic carbocycles. The third-order valence-electron chi connectivity index (χ3n) is 4.28. The summed E-state index contributed by atoms with van der Waals surface area (Å²) in [5.41, 5.74) is 0.849. The van der Waals surface area contributed by atoms with Crippen LogP contribution in [0.5, 0.6) is 0 Å². The zero-order chi connectivity index (χ0) is 17.1. The molecule has 126 valence electrons. The van der Waals surface area contributed by atoms with Crippen LogP contribution < -0.4 is 5.32 Å². The van der Waals surface area contributed by atoms with E-state index in [9.17, 15) is 14.7 Å². The molecule has 0 aliphatic heterocycles. The van der Waals surface area contributed by atoms with Crippen LogP contribution in [0.2, 0.25) is 5.02 Å². The molecule has 3 rings (SSSR count). The number of halogens is 1. The molecule has 2 N–H and O–H groups in total. The van der Waals surface area contributed by atoms with Crippen LogP contribution in [0.4, 0.5) is 0 Å². The summed E-state index contributed by atoms with van der Waals surface area (Å²) >= 11 is 5.84. The number of aliphatic carboxylic acids is 1. The summed E-state index contributed by atoms with van der Waals surface area (Å²) in [6.07, 6.45) is 4.25. The van der Waals surface area contributed by atoms with Gasteiger partial charge in [0.2, 0.25) is 5.91 Å². The first-order valence-electron chi connectivity index (χ1n) is 7.65. The lowest BCUT2D eigenvalue weighted by molar-refractivity contribution is -0.141. The molecule has 1 aliphatic rings. The van der Waals surface area contributed by atoms with Crippen LogP contribution in [-0.4, -0.2) is 38.0 Å². The van der Waals surface area contributed by atoms with E-state index in [1.165, 1.54) is 0 Å². The molecule has 1 saturated carbocycles. The highest BCUT2D eigenvalue weighted by Gasteiger charge is 2.40. The molecule has 2 aromatic rings. The Morgan fingerprint density at radius 3 is 2.67 bits per heavy atom. The molecule has 0 bridgehead atoms. The van der Waals surface area contributed by atoms with Crippen molar-refractivity contribution in [2.24, 2.45) is 5.92 Å². The number of carboxylic acid groups (broad SMARTS) is 1. The topological polar surface area (TPSA) is 97.1 Å². The summed E-state index contributed by atoms with van der Waals surface area (Å²) in [5, 5.41) is 20.5. The predicted molar refractivity (Wildman–Crippen MR) is 86.5 cm³/mol. The fraction of sp³-hybridized carbons (Fsp3) is 0.375. The van der Waals surface area contributed by atoms with E-state index in [1.807, 2.05) is 0 Å². The summed E-state index contributed by atoms with van der Waals surface area (Å²) in [5.74, 6) is -1.51. The number of carbonyl (C=O) groups is 2. The van der Waals surface area contributed by atoms with E-state index in [1.54, 1.807) is 41.3 Å². The summed E-state index contributed by atoms with van der Waals surface area (Å²) in [4.78, 5) is 23.6. The van der Waals surface area contributed by atoms with Crippen LogP contribution in [-0.2, 0) is 16.0 Å². The first-order chi connectivity index (χ1) is 11.5. The molecule has 1 heterocycles. The Labute approximate surface area is 143 Å². The number of aromatic nitrogens is 3. The van der Waals surface area contributed by atoms with Gasteiger partial charge in [-0.1, -0.05) is 28.9 Å². The molecular formula is C16H17ClN4O3. The number of nitrogens with zero attached hydrogens (tertiary/aromatic N) is 3. The van der Waals surface area contributed by atoms with Crippen molar-refractivity contribution >= 4 is 23.5 Å². The molecule has 1 unspecified atom stereocenters. The average molecular weight is 349 g/mol. The SMILES string of the molecule is O=C(Cc1ccc(Cl)cc1)N[C@@H]1CC(C(=O)O)C[C@@H]1n1ccnn1. The molecule has 3 atom stereocenters. The van der Waals surface area contributed by atoms with Gasteiger partial charge in [0.15, 0.2) is 0 Å². The summed E-state index contributed by atoms with van der Waals surface area (Å²) in [6.45, 7) is 0. The molecule has 1 aliphatic carbocycles. The van der Waals surface area contributed by atoms with Crippen molar-refractivity contribution in [2.45, 2.75) is 31.3 Å². The highest BCUT2D eigenvalue weighted by Crippen LogP contribution is 2.34. The van der Waals surface area contributed by atoms with Gasteiger partial charge in [-0.25, -0.2) is 4.68 Å². The molecule has 0 saturated heterocycles. The summed E-state index contributed by atoms with van der Waals surface area (Å²) in [6, 6.07) is 6.57. The monoisotopic (exact) mass is 348 g/mol. The molecule has 1 aromatic heterocycles. The number of carboxylic acids is 1. The Bertz CT molecular complexity index is 717. The van der Waals surface area contributed by atoms with Crippen LogP contribution in [0.25, 0.3) is 0 Å². The number of hydrogen-bond acceptors (Lipinski definition) is 4. The van der Waals surface area contributed by atoms with E-state index in [2.05, 4.69) is 15.6 Å². The van der Waals surface area contributed by atoms with Gasteiger partial charge >= 0.3 is 5.97 Å². The fourth-order valence-corrected chi connectivity index (χ4v) is 3.23. The van der Waals surface area contributed by atoms with Gasteiger partial charge < -0.3 is 10.4 Å². The number of amides is 1. The van der Waals surface area contributed by atoms with Crippen molar-refractivity contribution < 1.29 is 14.7 Å². The molecule has 0 spiro atoms. The smallest absolute Gasteiger partial charge is 0.306 e. The molecule has 1 amide bonds. The predicted octanol–water partition coefficient (Wildman–Crippen LogP) is 1.69. The van der Waals surface area contributed by atoms with E-state index in [-0.39, 0.29) is 24.4 Å². The molecular weight excluding hydrogens is 332 g/mol. The van der Waals surface area contributed by atoms with Gasteiger partial charge in [-0.05, 0) is 30.5 Å². The molecule has 1 fully saturated rings. The highest BCUT2D eigenvalue weighted by molar-refractivity contribution is 6.30. The van der Waals surface area contributed by atoms with Gasteiger partial charge in [-0.3, -0.25) is 9.59 Å². The maximum atomic E-state index is 12.3. The quantitative estimate of drug-likeness (QED) is 0.857. The van der Waals surface area contributed by atoms with E-state index < -0.39 is 11.9 Å². The van der Waals surface area contributed by atoms with Crippen molar-refractivity contribution in [1.29, 1.82) is 0 Å². The fourth-order valence-electron chi connectivity index (χ4n) is 3.10. The minimum atomic E-state index is -0.852. The molecule has 0 radical (unpaired) electrons. The standard InChI is InChI=1S/C16H17ClN4O3/c17-12-3-1-10(2-4-12)7-15(22)19-13-8-11(16(23)24)9-14(13)21-6-5-18-20-21/h1-6,11,13-14H,7-9H2,(H,19,22)(H,23,24)/t11?,13-,14+/m1/s1. The third-order valence-corrected chi connectivity index (χ3v) is 4.54. The zero-order valence-electron chi connectivity index (χ0n) is 12.8. The minimum absolute atomic E-state index is 0.154. The lowest BCUT2D eigenvalue weighted by Gasteiger charge is -2.20. The van der Waals surface area contributed by atoms with Gasteiger partial charge in [-0.15, -0.1) is 5.10 Å². The second kappa shape index (κ2) is 7.00. The Morgan fingerprint density at radius 2 is 2.04 bits per heavy atom. The number of carbonyl (C=O) groups excluding carboxylic acids is 1. The van der Waals surface area contributed by atoms with Crippen LogP contribution in [0, 0.1) is 5.92 Å². The van der Waals surface area contributed by atoms with Crippen molar-refractivity contribution in [1.82, 2.24) is 20.3 Å². The minimum Gasteiger partial charge on any atom is -0.481 e. The van der Waals surface area contributed by atoms with Crippen molar-refractivity contribution in [3.05, 3.63) is 47.2 Å². The largest absolute Gasteiger partial charge is 0.481 e. The van der Waals surface area contributed by atoms with Gasteiger partial charge in [0.25, 0.3) is 0 Å².